The van der Waals surface area contributed by atoms with Crippen LogP contribution in [0, 0.1) is 0 Å². The van der Waals surface area contributed by atoms with Crippen LogP contribution in [0.5, 0.6) is 0 Å². The molecule has 2 aromatic heterocycles. The van der Waals surface area contributed by atoms with Crippen LogP contribution in [0.4, 0.5) is 4.79 Å². The van der Waals surface area contributed by atoms with Crippen molar-refractivity contribution in [3.8, 4) is 22.4 Å². The van der Waals surface area contributed by atoms with E-state index in [-0.39, 0.29) is 11.4 Å². The molecule has 1 fully saturated rings. The Labute approximate surface area is 210 Å². The number of carbonyl (C=O) groups excluding carboxylic acids is 1. The minimum absolute atomic E-state index is 0.209. The van der Waals surface area contributed by atoms with Crippen molar-refractivity contribution in [2.24, 2.45) is 0 Å². The van der Waals surface area contributed by atoms with Gasteiger partial charge in [-0.2, -0.15) is 0 Å². The maximum atomic E-state index is 12.2. The van der Waals surface area contributed by atoms with Crippen molar-refractivity contribution in [1.29, 1.82) is 0 Å². The minimum atomic E-state index is -0.823. The zero-order valence-corrected chi connectivity index (χ0v) is 20.7. The van der Waals surface area contributed by atoms with Crippen molar-refractivity contribution < 1.29 is 9.90 Å². The van der Waals surface area contributed by atoms with Crippen LogP contribution >= 0.6 is 11.8 Å². The topological polar surface area (TPSA) is 87.1 Å². The van der Waals surface area contributed by atoms with E-state index < -0.39 is 5.60 Å². The molecule has 0 saturated heterocycles. The lowest BCUT2D eigenvalue weighted by Crippen LogP contribution is -2.39. The molecule has 3 heterocycles. The maximum Gasteiger partial charge on any atom is 0.315 e. The van der Waals surface area contributed by atoms with Crippen LogP contribution in [0.3, 0.4) is 0 Å². The molecule has 6 nitrogen and oxygen atoms in total. The molecule has 2 aliphatic rings. The number of fused-ring (bicyclic) bond motifs is 1. The van der Waals surface area contributed by atoms with Gasteiger partial charge in [-0.15, -0.1) is 0 Å². The molecule has 3 aromatic rings. The molecular weight excluding hydrogens is 456 g/mol. The van der Waals surface area contributed by atoms with Crippen molar-refractivity contribution in [1.82, 2.24) is 20.6 Å². The molecule has 0 spiro atoms. The normalized spacial score (nSPS) is 18.7. The van der Waals surface area contributed by atoms with Crippen LogP contribution in [0.15, 0.2) is 66.3 Å². The third-order valence-corrected chi connectivity index (χ3v) is 8.10. The van der Waals surface area contributed by atoms with Crippen LogP contribution in [0.2, 0.25) is 0 Å². The van der Waals surface area contributed by atoms with Gasteiger partial charge in [0.05, 0.1) is 11.4 Å². The van der Waals surface area contributed by atoms with Crippen molar-refractivity contribution in [3.63, 3.8) is 0 Å². The van der Waals surface area contributed by atoms with E-state index >= 15 is 0 Å². The Morgan fingerprint density at radius 1 is 1.11 bits per heavy atom. The number of aliphatic hydroxyl groups is 1. The van der Waals surface area contributed by atoms with E-state index in [1.54, 1.807) is 18.0 Å². The van der Waals surface area contributed by atoms with Crippen LogP contribution in [0.1, 0.15) is 50.3 Å². The molecule has 5 rings (SSSR count). The zero-order chi connectivity index (χ0) is 24.4. The highest BCUT2D eigenvalue weighted by atomic mass is 32.2. The largest absolute Gasteiger partial charge is 0.384 e. The standard InChI is InChI=1S/C28H30N4O2S/c1-3-29-27(33)32-26-18(2)21-15-20(16-22(25(21)35-26)23-9-5-8-14-30-23)19-10-11-24(31-17-19)28(34)12-6-4-7-13-28/h5,8-11,14-17,26,34H,2-4,6-7,12-13H2,1H3,(H2,29,32,33). The van der Waals surface area contributed by atoms with Crippen LogP contribution in [-0.4, -0.2) is 33.0 Å². The molecule has 35 heavy (non-hydrogen) atoms. The van der Waals surface area contributed by atoms with Crippen molar-refractivity contribution >= 4 is 23.4 Å². The third-order valence-electron chi connectivity index (χ3n) is 6.78. The predicted octanol–water partition coefficient (Wildman–Crippen LogP) is 5.73. The molecule has 3 N–H and O–H groups in total. The van der Waals surface area contributed by atoms with Crippen molar-refractivity contribution in [3.05, 3.63) is 72.7 Å². The van der Waals surface area contributed by atoms with Gasteiger partial charge in [-0.1, -0.05) is 49.7 Å². The molecule has 1 aliphatic heterocycles. The molecule has 1 aromatic carbocycles. The first kappa shape index (κ1) is 23.6. The van der Waals surface area contributed by atoms with Gasteiger partial charge in [0.25, 0.3) is 0 Å². The Morgan fingerprint density at radius 2 is 1.91 bits per heavy atom. The lowest BCUT2D eigenvalue weighted by molar-refractivity contribution is -0.00461. The summed E-state index contributed by atoms with van der Waals surface area (Å²) in [6.07, 6.45) is 8.39. The Balaban J connectivity index is 1.52. The summed E-state index contributed by atoms with van der Waals surface area (Å²) < 4.78 is 0. The number of nitrogens with zero attached hydrogens (tertiary/aromatic N) is 2. The lowest BCUT2D eigenvalue weighted by atomic mass is 9.82. The second kappa shape index (κ2) is 9.84. The number of hydrogen-bond donors (Lipinski definition) is 3. The van der Waals surface area contributed by atoms with E-state index in [1.807, 2.05) is 43.5 Å². The predicted molar refractivity (Wildman–Crippen MR) is 141 cm³/mol. The lowest BCUT2D eigenvalue weighted by Gasteiger charge is -2.31. The van der Waals surface area contributed by atoms with Gasteiger partial charge in [-0.25, -0.2) is 4.79 Å². The van der Waals surface area contributed by atoms with Gasteiger partial charge in [0, 0.05) is 35.0 Å². The Hall–Kier alpha value is -3.16. The van der Waals surface area contributed by atoms with Crippen molar-refractivity contribution in [2.75, 3.05) is 6.54 Å². The number of urea groups is 1. The smallest absolute Gasteiger partial charge is 0.315 e. The average molecular weight is 487 g/mol. The Bertz CT molecular complexity index is 1240. The summed E-state index contributed by atoms with van der Waals surface area (Å²) in [5, 5.41) is 16.6. The molecule has 1 saturated carbocycles. The number of benzene rings is 1. The van der Waals surface area contributed by atoms with Crippen molar-refractivity contribution in [2.45, 2.75) is 54.9 Å². The minimum Gasteiger partial charge on any atom is -0.384 e. The van der Waals surface area contributed by atoms with Gasteiger partial charge in [0.15, 0.2) is 0 Å². The molecule has 1 atom stereocenters. The number of aromatic nitrogens is 2. The molecule has 2 amide bonds. The highest BCUT2D eigenvalue weighted by Gasteiger charge is 2.33. The zero-order valence-electron chi connectivity index (χ0n) is 19.9. The van der Waals surface area contributed by atoms with Gasteiger partial charge < -0.3 is 15.7 Å². The molecule has 0 radical (unpaired) electrons. The summed E-state index contributed by atoms with van der Waals surface area (Å²) in [6, 6.07) is 13.9. The van der Waals surface area contributed by atoms with Gasteiger partial charge in [-0.3, -0.25) is 9.97 Å². The fourth-order valence-corrected chi connectivity index (χ4v) is 6.16. The first-order valence-corrected chi connectivity index (χ1v) is 13.1. The molecule has 1 unspecified atom stereocenters. The highest BCUT2D eigenvalue weighted by molar-refractivity contribution is 8.01. The SMILES string of the molecule is C=C1c2cc(-c3ccc(C4(O)CCCCC4)nc3)cc(-c3ccccn3)c2SC1NC(=O)NCC. The first-order chi connectivity index (χ1) is 17.0. The molecular formula is C28H30N4O2S. The Morgan fingerprint density at radius 3 is 2.60 bits per heavy atom. The Kier molecular flexibility index (Phi) is 6.62. The molecule has 1 aliphatic carbocycles. The molecule has 0 bridgehead atoms. The number of pyridine rings is 2. The monoisotopic (exact) mass is 486 g/mol. The molecule has 180 valence electrons. The summed E-state index contributed by atoms with van der Waals surface area (Å²) in [5.74, 6) is 0. The summed E-state index contributed by atoms with van der Waals surface area (Å²) >= 11 is 1.58. The number of amides is 2. The maximum absolute atomic E-state index is 12.2. The van der Waals surface area contributed by atoms with E-state index in [0.717, 1.165) is 69.8 Å². The van der Waals surface area contributed by atoms with Gasteiger partial charge >= 0.3 is 6.03 Å². The molecule has 7 heteroatoms. The summed E-state index contributed by atoms with van der Waals surface area (Å²) in [6.45, 7) is 6.76. The second-order valence-corrected chi connectivity index (χ2v) is 10.3. The average Bonchev–Trinajstić information content (AvgIpc) is 3.19. The van der Waals surface area contributed by atoms with E-state index in [0.29, 0.717) is 6.54 Å². The number of carbonyl (C=O) groups is 1. The fraction of sp³-hybridized carbons (Fsp3) is 0.321. The van der Waals surface area contributed by atoms with Crippen LogP contribution in [-0.2, 0) is 5.60 Å². The number of nitrogens with one attached hydrogen (secondary N) is 2. The van der Waals surface area contributed by atoms with Gasteiger partial charge in [-0.05, 0) is 66.8 Å². The van der Waals surface area contributed by atoms with E-state index in [9.17, 15) is 9.90 Å². The van der Waals surface area contributed by atoms with E-state index in [2.05, 4.69) is 39.3 Å². The van der Waals surface area contributed by atoms with Gasteiger partial charge in [0.1, 0.15) is 11.0 Å². The summed E-state index contributed by atoms with van der Waals surface area (Å²) in [7, 11) is 0. The highest BCUT2D eigenvalue weighted by Crippen LogP contribution is 2.49. The quantitative estimate of drug-likeness (QED) is 0.429. The summed E-state index contributed by atoms with van der Waals surface area (Å²) in [4.78, 5) is 22.5. The summed E-state index contributed by atoms with van der Waals surface area (Å²) in [5.41, 5.74) is 5.62. The number of thioether (sulfide) groups is 1. The number of rotatable bonds is 5. The first-order valence-electron chi connectivity index (χ1n) is 12.2. The van der Waals surface area contributed by atoms with Crippen LogP contribution in [0.25, 0.3) is 28.0 Å². The van der Waals surface area contributed by atoms with E-state index in [4.69, 9.17) is 0 Å². The van der Waals surface area contributed by atoms with Gasteiger partial charge in [0.2, 0.25) is 0 Å². The number of hydrogen-bond acceptors (Lipinski definition) is 5. The van der Waals surface area contributed by atoms with Crippen LogP contribution < -0.4 is 10.6 Å². The van der Waals surface area contributed by atoms with E-state index in [1.165, 1.54) is 6.42 Å². The fourth-order valence-electron chi connectivity index (χ4n) is 4.88. The second-order valence-electron chi connectivity index (χ2n) is 9.17. The third kappa shape index (κ3) is 4.70.